The average Bonchev–Trinajstić information content (AvgIpc) is 2.93. The number of hydrogen-bond acceptors (Lipinski definition) is 5. The zero-order valence-corrected chi connectivity index (χ0v) is 11.8. The van der Waals surface area contributed by atoms with E-state index in [9.17, 15) is 18.3 Å². The molecule has 1 aliphatic heterocycles. The Labute approximate surface area is 120 Å². The Hall–Kier alpha value is -2.55. The second-order valence-corrected chi connectivity index (χ2v) is 6.24. The standard InChI is InChI=1S/C12H12N4O4S/c1-15-6-9(5-13-15)8-2-3-11(17)10(4-8)16-7-12(18)14-21(16,19)20/h2-6,17H,7H2,1H3,(H,14,18). The largest absolute Gasteiger partial charge is 0.506 e. The van der Waals surface area contributed by atoms with Crippen molar-refractivity contribution in [3.63, 3.8) is 0 Å². The average molecular weight is 308 g/mol. The number of benzene rings is 1. The number of aromatic hydroxyl groups is 1. The Morgan fingerprint density at radius 2 is 2.10 bits per heavy atom. The van der Waals surface area contributed by atoms with Gasteiger partial charge in [0.15, 0.2) is 0 Å². The third kappa shape index (κ3) is 2.31. The van der Waals surface area contributed by atoms with E-state index in [0.717, 1.165) is 9.87 Å². The fourth-order valence-corrected chi connectivity index (χ4v) is 3.29. The summed E-state index contributed by atoms with van der Waals surface area (Å²) in [4.78, 5) is 11.3. The van der Waals surface area contributed by atoms with Crippen LogP contribution in [-0.2, 0) is 22.1 Å². The molecule has 1 saturated heterocycles. The molecule has 0 spiro atoms. The number of carbonyl (C=O) groups is 1. The Morgan fingerprint density at radius 3 is 2.67 bits per heavy atom. The molecule has 2 heterocycles. The van der Waals surface area contributed by atoms with Crippen LogP contribution in [0.3, 0.4) is 0 Å². The number of nitrogens with one attached hydrogen (secondary N) is 1. The molecule has 1 aromatic carbocycles. The van der Waals surface area contributed by atoms with Gasteiger partial charge in [-0.05, 0) is 17.7 Å². The lowest BCUT2D eigenvalue weighted by atomic mass is 10.1. The maximum Gasteiger partial charge on any atom is 0.326 e. The molecule has 0 saturated carbocycles. The Bertz CT molecular complexity index is 828. The SMILES string of the molecule is Cn1cc(-c2ccc(O)c(N3CC(=O)NS3(=O)=O)c2)cn1. The number of anilines is 1. The Kier molecular flexibility index (Phi) is 2.87. The van der Waals surface area contributed by atoms with E-state index in [-0.39, 0.29) is 18.0 Å². The van der Waals surface area contributed by atoms with E-state index < -0.39 is 16.1 Å². The molecule has 0 atom stereocenters. The summed E-state index contributed by atoms with van der Waals surface area (Å²) < 4.78 is 28.0. The van der Waals surface area contributed by atoms with E-state index in [1.54, 1.807) is 30.2 Å². The molecular formula is C12H12N4O4S. The first kappa shape index (κ1) is 13.4. The van der Waals surface area contributed by atoms with Crippen LogP contribution in [0.15, 0.2) is 30.6 Å². The van der Waals surface area contributed by atoms with Gasteiger partial charge in [-0.15, -0.1) is 0 Å². The van der Waals surface area contributed by atoms with Gasteiger partial charge in [0.2, 0.25) is 0 Å². The summed E-state index contributed by atoms with van der Waals surface area (Å²) in [7, 11) is -2.19. The van der Waals surface area contributed by atoms with Crippen molar-refractivity contribution in [2.24, 2.45) is 7.05 Å². The quantitative estimate of drug-likeness (QED) is 0.811. The highest BCUT2D eigenvalue weighted by atomic mass is 32.2. The third-order valence-corrected chi connectivity index (χ3v) is 4.49. The summed E-state index contributed by atoms with van der Waals surface area (Å²) >= 11 is 0. The van der Waals surface area contributed by atoms with Crippen molar-refractivity contribution in [1.29, 1.82) is 0 Å². The molecule has 1 aliphatic rings. The number of aromatic nitrogens is 2. The number of rotatable bonds is 2. The summed E-state index contributed by atoms with van der Waals surface area (Å²) in [6.07, 6.45) is 3.39. The molecule has 0 unspecified atom stereocenters. The predicted molar refractivity (Wildman–Crippen MR) is 74.7 cm³/mol. The van der Waals surface area contributed by atoms with Crippen LogP contribution < -0.4 is 9.03 Å². The molecule has 2 N–H and O–H groups in total. The molecule has 21 heavy (non-hydrogen) atoms. The fraction of sp³-hybridized carbons (Fsp3) is 0.167. The van der Waals surface area contributed by atoms with Gasteiger partial charge in [0.05, 0.1) is 11.9 Å². The van der Waals surface area contributed by atoms with E-state index in [4.69, 9.17) is 0 Å². The number of carbonyl (C=O) groups excluding carboxylic acids is 1. The van der Waals surface area contributed by atoms with Gasteiger partial charge in [-0.1, -0.05) is 6.07 Å². The van der Waals surface area contributed by atoms with Gasteiger partial charge in [0.25, 0.3) is 5.91 Å². The maximum absolute atomic E-state index is 11.8. The molecule has 3 rings (SSSR count). The van der Waals surface area contributed by atoms with Crippen LogP contribution in [0.4, 0.5) is 5.69 Å². The predicted octanol–water partition coefficient (Wildman–Crippen LogP) is -0.0263. The minimum absolute atomic E-state index is 0.0507. The van der Waals surface area contributed by atoms with Gasteiger partial charge in [-0.3, -0.25) is 9.48 Å². The fourth-order valence-electron chi connectivity index (χ4n) is 2.13. The summed E-state index contributed by atoms with van der Waals surface area (Å²) in [5.74, 6) is -0.858. The van der Waals surface area contributed by atoms with Crippen LogP contribution in [0.5, 0.6) is 5.75 Å². The highest BCUT2D eigenvalue weighted by molar-refractivity contribution is 7.92. The van der Waals surface area contributed by atoms with Crippen LogP contribution in [0.2, 0.25) is 0 Å². The molecular weight excluding hydrogens is 296 g/mol. The first-order valence-corrected chi connectivity index (χ1v) is 7.46. The molecule has 9 heteroatoms. The highest BCUT2D eigenvalue weighted by Crippen LogP contribution is 2.34. The van der Waals surface area contributed by atoms with Gasteiger partial charge < -0.3 is 5.11 Å². The van der Waals surface area contributed by atoms with Crippen molar-refractivity contribution >= 4 is 21.8 Å². The highest BCUT2D eigenvalue weighted by Gasteiger charge is 2.35. The van der Waals surface area contributed by atoms with Crippen LogP contribution in [0.1, 0.15) is 0 Å². The second kappa shape index (κ2) is 4.48. The zero-order valence-electron chi connectivity index (χ0n) is 11.0. The first-order valence-electron chi connectivity index (χ1n) is 6.02. The number of amides is 1. The summed E-state index contributed by atoms with van der Waals surface area (Å²) in [6.45, 7) is -0.355. The molecule has 1 fully saturated rings. The van der Waals surface area contributed by atoms with Gasteiger partial charge in [0.1, 0.15) is 12.3 Å². The van der Waals surface area contributed by atoms with E-state index in [2.05, 4.69) is 5.10 Å². The van der Waals surface area contributed by atoms with Crippen LogP contribution in [0.25, 0.3) is 11.1 Å². The van der Waals surface area contributed by atoms with Gasteiger partial charge in [-0.2, -0.15) is 13.5 Å². The van der Waals surface area contributed by atoms with Crippen molar-refractivity contribution < 1.29 is 18.3 Å². The molecule has 0 radical (unpaired) electrons. The van der Waals surface area contributed by atoms with Gasteiger partial charge in [-0.25, -0.2) is 9.03 Å². The number of hydrogen-bond donors (Lipinski definition) is 2. The minimum Gasteiger partial charge on any atom is -0.506 e. The third-order valence-electron chi connectivity index (χ3n) is 3.10. The van der Waals surface area contributed by atoms with Crippen molar-refractivity contribution in [3.05, 3.63) is 30.6 Å². The Morgan fingerprint density at radius 1 is 1.33 bits per heavy atom. The van der Waals surface area contributed by atoms with E-state index >= 15 is 0 Å². The summed E-state index contributed by atoms with van der Waals surface area (Å²) in [6, 6.07) is 4.54. The van der Waals surface area contributed by atoms with Gasteiger partial charge in [0, 0.05) is 18.8 Å². The smallest absolute Gasteiger partial charge is 0.326 e. The second-order valence-electron chi connectivity index (χ2n) is 4.64. The Balaban J connectivity index is 2.09. The first-order chi connectivity index (χ1) is 9.87. The van der Waals surface area contributed by atoms with E-state index in [1.165, 1.54) is 12.1 Å². The molecule has 0 aliphatic carbocycles. The molecule has 110 valence electrons. The zero-order chi connectivity index (χ0) is 15.2. The van der Waals surface area contributed by atoms with Crippen molar-refractivity contribution in [2.75, 3.05) is 10.8 Å². The number of phenolic OH excluding ortho intramolecular Hbond substituents is 1. The topological polar surface area (TPSA) is 105 Å². The van der Waals surface area contributed by atoms with Crippen molar-refractivity contribution in [1.82, 2.24) is 14.5 Å². The van der Waals surface area contributed by atoms with Crippen molar-refractivity contribution in [3.8, 4) is 16.9 Å². The molecule has 2 aromatic rings. The molecule has 1 amide bonds. The minimum atomic E-state index is -3.95. The lowest BCUT2D eigenvalue weighted by Crippen LogP contribution is -2.29. The lowest BCUT2D eigenvalue weighted by molar-refractivity contribution is -0.117. The van der Waals surface area contributed by atoms with Crippen molar-refractivity contribution in [2.45, 2.75) is 0 Å². The van der Waals surface area contributed by atoms with E-state index in [0.29, 0.717) is 5.56 Å². The van der Waals surface area contributed by atoms with Crippen LogP contribution in [-0.4, -0.2) is 35.8 Å². The van der Waals surface area contributed by atoms with Crippen LogP contribution >= 0.6 is 0 Å². The van der Waals surface area contributed by atoms with E-state index in [1.807, 2.05) is 4.72 Å². The molecule has 0 bridgehead atoms. The lowest BCUT2D eigenvalue weighted by Gasteiger charge is -2.16. The number of nitrogens with zero attached hydrogens (tertiary/aromatic N) is 3. The normalized spacial score (nSPS) is 17.0. The number of phenols is 1. The maximum atomic E-state index is 11.8. The van der Waals surface area contributed by atoms with Gasteiger partial charge >= 0.3 is 10.2 Å². The summed E-state index contributed by atoms with van der Waals surface area (Å²) in [5.41, 5.74) is 1.51. The molecule has 1 aromatic heterocycles. The molecule has 8 nitrogen and oxygen atoms in total. The monoisotopic (exact) mass is 308 g/mol. The number of aryl methyl sites for hydroxylation is 1. The summed E-state index contributed by atoms with van der Waals surface area (Å²) in [5, 5.41) is 13.9. The van der Waals surface area contributed by atoms with Crippen LogP contribution in [0, 0.1) is 0 Å².